The van der Waals surface area contributed by atoms with E-state index in [1.54, 1.807) is 0 Å². The van der Waals surface area contributed by atoms with Gasteiger partial charge >= 0.3 is 0 Å². The first-order chi connectivity index (χ1) is 8.00. The van der Waals surface area contributed by atoms with Gasteiger partial charge in [-0.3, -0.25) is 4.79 Å². The predicted molar refractivity (Wildman–Crippen MR) is 79.1 cm³/mol. The van der Waals surface area contributed by atoms with Crippen molar-refractivity contribution in [1.82, 2.24) is 0 Å². The van der Waals surface area contributed by atoms with Gasteiger partial charge in [-0.15, -0.1) is 11.3 Å². The van der Waals surface area contributed by atoms with Crippen LogP contribution in [0.2, 0.25) is 0 Å². The summed E-state index contributed by atoms with van der Waals surface area (Å²) in [6.45, 7) is 3.95. The molecule has 0 saturated carbocycles. The zero-order valence-corrected chi connectivity index (χ0v) is 13.4. The number of aryl methyl sites for hydroxylation is 1. The first kappa shape index (κ1) is 13.0. The zero-order valence-electron chi connectivity index (χ0n) is 9.38. The summed E-state index contributed by atoms with van der Waals surface area (Å²) in [7, 11) is 0. The maximum absolute atomic E-state index is 12.4. The molecule has 0 amide bonds. The molecular formula is C13H10Br2OS. The average Bonchev–Trinajstić information content (AvgIpc) is 2.61. The van der Waals surface area contributed by atoms with E-state index in [-0.39, 0.29) is 5.78 Å². The summed E-state index contributed by atoms with van der Waals surface area (Å²) < 4.78 is 1.84. The summed E-state index contributed by atoms with van der Waals surface area (Å²) in [5, 5.41) is 0. The summed E-state index contributed by atoms with van der Waals surface area (Å²) in [5.41, 5.74) is 1.73. The van der Waals surface area contributed by atoms with Gasteiger partial charge in [0.25, 0.3) is 0 Å². The molecule has 0 radical (unpaired) electrons. The molecule has 0 aliphatic rings. The Morgan fingerprint density at radius 3 is 2.47 bits per heavy atom. The zero-order chi connectivity index (χ0) is 12.6. The number of hydrogen-bond donors (Lipinski definition) is 0. The molecule has 88 valence electrons. The third-order valence-electron chi connectivity index (χ3n) is 2.53. The Bertz CT molecular complexity index is 587. The van der Waals surface area contributed by atoms with Crippen LogP contribution in [0.1, 0.15) is 25.7 Å². The van der Waals surface area contributed by atoms with Gasteiger partial charge in [-0.05, 0) is 47.5 Å². The van der Waals surface area contributed by atoms with E-state index in [2.05, 4.69) is 31.9 Å². The van der Waals surface area contributed by atoms with E-state index >= 15 is 0 Å². The summed E-state index contributed by atoms with van der Waals surface area (Å²) in [5.74, 6) is 0.0776. The lowest BCUT2D eigenvalue weighted by molar-refractivity contribution is 0.104. The Kier molecular flexibility index (Phi) is 3.85. The van der Waals surface area contributed by atoms with Crippen LogP contribution < -0.4 is 0 Å². The van der Waals surface area contributed by atoms with Crippen LogP contribution >= 0.6 is 43.2 Å². The molecule has 1 nitrogen and oxygen atoms in total. The predicted octanol–water partition coefficient (Wildman–Crippen LogP) is 5.12. The normalized spacial score (nSPS) is 10.6. The quantitative estimate of drug-likeness (QED) is 0.667. The summed E-state index contributed by atoms with van der Waals surface area (Å²) >= 11 is 8.41. The van der Waals surface area contributed by atoms with Gasteiger partial charge in [0, 0.05) is 19.4 Å². The van der Waals surface area contributed by atoms with Crippen molar-refractivity contribution in [3.05, 3.63) is 54.1 Å². The van der Waals surface area contributed by atoms with Crippen molar-refractivity contribution in [3.63, 3.8) is 0 Å². The van der Waals surface area contributed by atoms with Crippen molar-refractivity contribution < 1.29 is 4.79 Å². The lowest BCUT2D eigenvalue weighted by Gasteiger charge is -2.05. The van der Waals surface area contributed by atoms with Crippen molar-refractivity contribution in [1.29, 1.82) is 0 Å². The minimum Gasteiger partial charge on any atom is -0.288 e. The number of halogens is 2. The van der Waals surface area contributed by atoms with E-state index in [1.807, 2.05) is 38.1 Å². The summed E-state index contributed by atoms with van der Waals surface area (Å²) in [6, 6.07) is 7.68. The molecule has 0 unspecified atom stereocenters. The summed E-state index contributed by atoms with van der Waals surface area (Å²) in [6.07, 6.45) is 0. The second kappa shape index (κ2) is 5.04. The van der Waals surface area contributed by atoms with Crippen LogP contribution in [-0.2, 0) is 0 Å². The lowest BCUT2D eigenvalue weighted by Crippen LogP contribution is -2.02. The molecule has 0 aliphatic heterocycles. The molecule has 0 bridgehead atoms. The molecule has 1 aromatic carbocycles. The van der Waals surface area contributed by atoms with Crippen LogP contribution in [0.15, 0.2) is 33.2 Å². The van der Waals surface area contributed by atoms with Crippen LogP contribution in [0.3, 0.4) is 0 Å². The number of benzene rings is 1. The average molecular weight is 374 g/mol. The van der Waals surface area contributed by atoms with Crippen molar-refractivity contribution >= 4 is 49.0 Å². The molecule has 0 saturated heterocycles. The molecule has 2 aromatic rings. The Morgan fingerprint density at radius 2 is 1.88 bits per heavy atom. The summed E-state index contributed by atoms with van der Waals surface area (Å²) in [4.78, 5) is 14.3. The second-order valence-corrected chi connectivity index (χ2v) is 6.74. The first-order valence-electron chi connectivity index (χ1n) is 5.06. The van der Waals surface area contributed by atoms with Crippen LogP contribution in [0.25, 0.3) is 0 Å². The number of carbonyl (C=O) groups is 1. The van der Waals surface area contributed by atoms with Gasteiger partial charge in [0.1, 0.15) is 0 Å². The monoisotopic (exact) mass is 372 g/mol. The molecule has 0 aliphatic carbocycles. The largest absolute Gasteiger partial charge is 0.288 e. The van der Waals surface area contributed by atoms with Crippen LogP contribution in [0, 0.1) is 13.8 Å². The molecule has 1 aromatic heterocycles. The maximum Gasteiger partial charge on any atom is 0.204 e. The molecule has 0 atom stereocenters. The Labute approximate surface area is 121 Å². The SMILES string of the molecule is Cc1cc(Br)c(C(=O)c2cccc(Br)c2C)s1. The third-order valence-corrected chi connectivity index (χ3v) is 5.32. The Hall–Kier alpha value is -0.450. The van der Waals surface area contributed by atoms with Gasteiger partial charge in [0.05, 0.1) is 4.88 Å². The number of rotatable bonds is 2. The lowest BCUT2D eigenvalue weighted by atomic mass is 10.0. The van der Waals surface area contributed by atoms with Gasteiger partial charge < -0.3 is 0 Å². The van der Waals surface area contributed by atoms with Gasteiger partial charge in [-0.2, -0.15) is 0 Å². The van der Waals surface area contributed by atoms with E-state index in [1.165, 1.54) is 11.3 Å². The van der Waals surface area contributed by atoms with Crippen LogP contribution in [-0.4, -0.2) is 5.78 Å². The minimum atomic E-state index is 0.0776. The fraction of sp³-hybridized carbons (Fsp3) is 0.154. The molecule has 17 heavy (non-hydrogen) atoms. The molecule has 0 fully saturated rings. The molecule has 2 rings (SSSR count). The van der Waals surface area contributed by atoms with Crippen molar-refractivity contribution in [2.45, 2.75) is 13.8 Å². The van der Waals surface area contributed by atoms with E-state index in [4.69, 9.17) is 0 Å². The number of hydrogen-bond acceptors (Lipinski definition) is 2. The van der Waals surface area contributed by atoms with Gasteiger partial charge in [-0.25, -0.2) is 0 Å². The standard InChI is InChI=1S/C13H10Br2OS/c1-7-6-11(15)13(17-7)12(16)9-4-3-5-10(14)8(9)2/h3-6H,1-2H3. The molecule has 1 heterocycles. The van der Waals surface area contributed by atoms with Crippen molar-refractivity contribution in [2.75, 3.05) is 0 Å². The minimum absolute atomic E-state index is 0.0776. The fourth-order valence-electron chi connectivity index (χ4n) is 1.61. The molecule has 4 heteroatoms. The van der Waals surface area contributed by atoms with Crippen molar-refractivity contribution in [2.24, 2.45) is 0 Å². The highest BCUT2D eigenvalue weighted by Crippen LogP contribution is 2.31. The number of ketones is 1. The Balaban J connectivity index is 2.51. The van der Waals surface area contributed by atoms with Gasteiger partial charge in [0.2, 0.25) is 5.78 Å². The van der Waals surface area contributed by atoms with E-state index in [0.29, 0.717) is 0 Å². The number of thiophene rings is 1. The van der Waals surface area contributed by atoms with E-state index < -0.39 is 0 Å². The molecule has 0 N–H and O–H groups in total. The highest BCUT2D eigenvalue weighted by molar-refractivity contribution is 9.10. The highest BCUT2D eigenvalue weighted by atomic mass is 79.9. The highest BCUT2D eigenvalue weighted by Gasteiger charge is 2.17. The van der Waals surface area contributed by atoms with E-state index in [0.717, 1.165) is 29.8 Å². The first-order valence-corrected chi connectivity index (χ1v) is 7.46. The van der Waals surface area contributed by atoms with Gasteiger partial charge in [-0.1, -0.05) is 28.1 Å². The van der Waals surface area contributed by atoms with Gasteiger partial charge in [0.15, 0.2) is 0 Å². The fourth-order valence-corrected chi connectivity index (χ4v) is 3.76. The molecular weight excluding hydrogens is 364 g/mol. The Morgan fingerprint density at radius 1 is 1.18 bits per heavy atom. The topological polar surface area (TPSA) is 17.1 Å². The van der Waals surface area contributed by atoms with Crippen LogP contribution in [0.4, 0.5) is 0 Å². The second-order valence-electron chi connectivity index (χ2n) is 3.78. The third kappa shape index (κ3) is 2.54. The van der Waals surface area contributed by atoms with Crippen LogP contribution in [0.5, 0.6) is 0 Å². The smallest absolute Gasteiger partial charge is 0.204 e. The maximum atomic E-state index is 12.4. The van der Waals surface area contributed by atoms with Crippen molar-refractivity contribution in [3.8, 4) is 0 Å². The molecule has 0 spiro atoms. The van der Waals surface area contributed by atoms with E-state index in [9.17, 15) is 4.79 Å². The number of carbonyl (C=O) groups excluding carboxylic acids is 1.